The van der Waals surface area contributed by atoms with E-state index < -0.39 is 0 Å². The molecule has 0 atom stereocenters. The van der Waals surface area contributed by atoms with Crippen molar-refractivity contribution < 1.29 is 4.79 Å². The van der Waals surface area contributed by atoms with Gasteiger partial charge in [0, 0.05) is 11.8 Å². The van der Waals surface area contributed by atoms with Gasteiger partial charge < -0.3 is 5.32 Å². The molecule has 0 saturated heterocycles. The van der Waals surface area contributed by atoms with Gasteiger partial charge in [-0.2, -0.15) is 5.10 Å². The number of nitrogens with one attached hydrogen (secondary N) is 1. The Morgan fingerprint density at radius 3 is 2.75 bits per heavy atom. The van der Waals surface area contributed by atoms with Gasteiger partial charge in [0.05, 0.1) is 4.88 Å². The van der Waals surface area contributed by atoms with Gasteiger partial charge in [-0.15, -0.1) is 11.3 Å². The first-order valence-corrected chi connectivity index (χ1v) is 8.40. The third-order valence-electron chi connectivity index (χ3n) is 3.59. The first-order chi connectivity index (χ1) is 11.5. The smallest absolute Gasteiger partial charge is 0.267 e. The van der Waals surface area contributed by atoms with E-state index in [9.17, 15) is 9.59 Å². The maximum atomic E-state index is 12.3. The average molecular weight is 339 g/mol. The van der Waals surface area contributed by atoms with Crippen LogP contribution in [0.2, 0.25) is 0 Å². The number of hydrogen-bond acceptors (Lipinski definition) is 4. The quantitative estimate of drug-likeness (QED) is 0.794. The van der Waals surface area contributed by atoms with Crippen molar-refractivity contribution in [1.82, 2.24) is 9.78 Å². The van der Waals surface area contributed by atoms with Crippen LogP contribution < -0.4 is 10.9 Å². The zero-order valence-electron chi connectivity index (χ0n) is 13.4. The number of rotatable bonds is 4. The van der Waals surface area contributed by atoms with Crippen LogP contribution in [0.4, 0.5) is 5.69 Å². The van der Waals surface area contributed by atoms with E-state index in [4.69, 9.17) is 0 Å². The monoisotopic (exact) mass is 339 g/mol. The van der Waals surface area contributed by atoms with Crippen molar-refractivity contribution in [3.8, 4) is 10.6 Å². The minimum Gasteiger partial charge on any atom is -0.324 e. The van der Waals surface area contributed by atoms with Crippen LogP contribution in [0, 0.1) is 13.8 Å². The lowest BCUT2D eigenvalue weighted by Gasteiger charge is -2.10. The van der Waals surface area contributed by atoms with E-state index in [1.807, 2.05) is 49.6 Å². The zero-order chi connectivity index (χ0) is 17.1. The van der Waals surface area contributed by atoms with Crippen LogP contribution in [-0.4, -0.2) is 15.7 Å². The topological polar surface area (TPSA) is 64.0 Å². The van der Waals surface area contributed by atoms with Gasteiger partial charge in [0.25, 0.3) is 5.56 Å². The summed E-state index contributed by atoms with van der Waals surface area (Å²) in [5, 5.41) is 9.06. The van der Waals surface area contributed by atoms with Crippen molar-refractivity contribution in [3.63, 3.8) is 0 Å². The summed E-state index contributed by atoms with van der Waals surface area (Å²) in [5.74, 6) is -0.278. The normalized spacial score (nSPS) is 10.6. The van der Waals surface area contributed by atoms with E-state index in [2.05, 4.69) is 10.4 Å². The van der Waals surface area contributed by atoms with Gasteiger partial charge in [-0.25, -0.2) is 4.68 Å². The standard InChI is InChI=1S/C18H17N3O2S/c1-12-5-6-14(13(2)10-12)19-17(22)11-21-18(23)8-7-15(20-21)16-4-3-9-24-16/h3-10H,11H2,1-2H3,(H,19,22). The Morgan fingerprint density at radius 2 is 2.04 bits per heavy atom. The molecule has 5 nitrogen and oxygen atoms in total. The molecule has 0 unspecified atom stereocenters. The molecule has 0 aliphatic rings. The fraction of sp³-hybridized carbons (Fsp3) is 0.167. The van der Waals surface area contributed by atoms with Crippen molar-refractivity contribution >= 4 is 22.9 Å². The molecule has 0 saturated carbocycles. The van der Waals surface area contributed by atoms with Crippen LogP contribution in [0.3, 0.4) is 0 Å². The van der Waals surface area contributed by atoms with Crippen LogP contribution in [-0.2, 0) is 11.3 Å². The number of amides is 1. The van der Waals surface area contributed by atoms with Crippen molar-refractivity contribution in [2.75, 3.05) is 5.32 Å². The molecule has 1 aromatic carbocycles. The number of aromatic nitrogens is 2. The highest BCUT2D eigenvalue weighted by Crippen LogP contribution is 2.21. The number of carbonyl (C=O) groups is 1. The molecule has 0 radical (unpaired) electrons. The van der Waals surface area contributed by atoms with Crippen LogP contribution in [0.5, 0.6) is 0 Å². The molecule has 2 aromatic heterocycles. The van der Waals surface area contributed by atoms with Gasteiger partial charge in [0.2, 0.25) is 5.91 Å². The molecule has 3 rings (SSSR count). The molecule has 0 fully saturated rings. The summed E-state index contributed by atoms with van der Waals surface area (Å²) in [5.41, 5.74) is 3.24. The van der Waals surface area contributed by atoms with Gasteiger partial charge in [-0.05, 0) is 43.0 Å². The highest BCUT2D eigenvalue weighted by atomic mass is 32.1. The molecule has 1 N–H and O–H groups in total. The number of hydrogen-bond donors (Lipinski definition) is 1. The number of thiophene rings is 1. The fourth-order valence-electron chi connectivity index (χ4n) is 2.40. The van der Waals surface area contributed by atoms with Crippen LogP contribution in [0.15, 0.2) is 52.6 Å². The van der Waals surface area contributed by atoms with Gasteiger partial charge in [0.1, 0.15) is 12.2 Å². The van der Waals surface area contributed by atoms with Crippen LogP contribution in [0.25, 0.3) is 10.6 Å². The lowest BCUT2D eigenvalue weighted by molar-refractivity contribution is -0.117. The third kappa shape index (κ3) is 3.60. The lowest BCUT2D eigenvalue weighted by atomic mass is 10.1. The minimum absolute atomic E-state index is 0.120. The molecule has 0 aliphatic heterocycles. The summed E-state index contributed by atoms with van der Waals surface area (Å²) in [6, 6.07) is 12.8. The second kappa shape index (κ2) is 6.80. The van der Waals surface area contributed by atoms with Gasteiger partial charge in [0.15, 0.2) is 0 Å². The molecule has 122 valence electrons. The summed E-state index contributed by atoms with van der Waals surface area (Å²) in [7, 11) is 0. The molecule has 0 bridgehead atoms. The number of carbonyl (C=O) groups excluding carboxylic acids is 1. The Hall–Kier alpha value is -2.73. The van der Waals surface area contributed by atoms with E-state index in [0.29, 0.717) is 5.69 Å². The van der Waals surface area contributed by atoms with Gasteiger partial charge >= 0.3 is 0 Å². The maximum Gasteiger partial charge on any atom is 0.267 e. The number of benzene rings is 1. The van der Waals surface area contributed by atoms with E-state index in [-0.39, 0.29) is 18.0 Å². The second-order valence-corrected chi connectivity index (χ2v) is 6.51. The Balaban J connectivity index is 1.79. The predicted octanol–water partition coefficient (Wildman–Crippen LogP) is 3.23. The van der Waals surface area contributed by atoms with Crippen LogP contribution >= 0.6 is 11.3 Å². The number of anilines is 1. The van der Waals surface area contributed by atoms with Crippen molar-refractivity contribution in [2.24, 2.45) is 0 Å². The molecule has 2 heterocycles. The molecule has 0 aliphatic carbocycles. The minimum atomic E-state index is -0.300. The fourth-order valence-corrected chi connectivity index (χ4v) is 3.09. The van der Waals surface area contributed by atoms with Crippen molar-refractivity contribution in [1.29, 1.82) is 0 Å². The molecular formula is C18H17N3O2S. The molecular weight excluding hydrogens is 322 g/mol. The Morgan fingerprint density at radius 1 is 1.21 bits per heavy atom. The summed E-state index contributed by atoms with van der Waals surface area (Å²) in [6.07, 6.45) is 0. The first-order valence-electron chi connectivity index (χ1n) is 7.52. The summed E-state index contributed by atoms with van der Waals surface area (Å²) >= 11 is 1.54. The third-order valence-corrected chi connectivity index (χ3v) is 4.48. The van der Waals surface area contributed by atoms with E-state index >= 15 is 0 Å². The highest BCUT2D eigenvalue weighted by molar-refractivity contribution is 7.13. The van der Waals surface area contributed by atoms with E-state index in [0.717, 1.165) is 21.7 Å². The van der Waals surface area contributed by atoms with E-state index in [1.54, 1.807) is 6.07 Å². The number of aryl methyl sites for hydroxylation is 2. The average Bonchev–Trinajstić information content (AvgIpc) is 3.07. The summed E-state index contributed by atoms with van der Waals surface area (Å²) in [6.45, 7) is 3.81. The van der Waals surface area contributed by atoms with Gasteiger partial charge in [-0.3, -0.25) is 9.59 Å². The van der Waals surface area contributed by atoms with Crippen LogP contribution in [0.1, 0.15) is 11.1 Å². The Labute approximate surface area is 143 Å². The molecule has 24 heavy (non-hydrogen) atoms. The largest absolute Gasteiger partial charge is 0.324 e. The van der Waals surface area contributed by atoms with E-state index in [1.165, 1.54) is 22.1 Å². The summed E-state index contributed by atoms with van der Waals surface area (Å²) < 4.78 is 1.19. The molecule has 6 heteroatoms. The van der Waals surface area contributed by atoms with Crippen molar-refractivity contribution in [3.05, 3.63) is 69.3 Å². The Bertz CT molecular complexity index is 930. The summed E-state index contributed by atoms with van der Waals surface area (Å²) in [4.78, 5) is 25.2. The maximum absolute atomic E-state index is 12.3. The Kier molecular flexibility index (Phi) is 4.57. The highest BCUT2D eigenvalue weighted by Gasteiger charge is 2.10. The zero-order valence-corrected chi connectivity index (χ0v) is 14.3. The lowest BCUT2D eigenvalue weighted by Crippen LogP contribution is -2.29. The molecule has 1 amide bonds. The first kappa shape index (κ1) is 16.1. The molecule has 0 spiro atoms. The predicted molar refractivity (Wildman–Crippen MR) is 96.4 cm³/mol. The second-order valence-electron chi connectivity index (χ2n) is 5.56. The SMILES string of the molecule is Cc1ccc(NC(=O)Cn2nc(-c3cccs3)ccc2=O)c(C)c1. The molecule has 3 aromatic rings. The van der Waals surface area contributed by atoms with Crippen molar-refractivity contribution in [2.45, 2.75) is 20.4 Å². The van der Waals surface area contributed by atoms with Gasteiger partial charge in [-0.1, -0.05) is 23.8 Å². The number of nitrogens with zero attached hydrogens (tertiary/aromatic N) is 2.